The predicted octanol–water partition coefficient (Wildman–Crippen LogP) is 2.24. The summed E-state index contributed by atoms with van der Waals surface area (Å²) in [6.07, 6.45) is 4.60. The summed E-state index contributed by atoms with van der Waals surface area (Å²) in [7, 11) is 1.97. The molecule has 0 aliphatic rings. The zero-order valence-electron chi connectivity index (χ0n) is 11.8. The van der Waals surface area contributed by atoms with Gasteiger partial charge in [0.2, 0.25) is 0 Å². The van der Waals surface area contributed by atoms with E-state index in [0.29, 0.717) is 6.54 Å². The second-order valence-corrected chi connectivity index (χ2v) is 5.16. The second-order valence-electron chi connectivity index (χ2n) is 5.16. The number of nitrogens with two attached hydrogens (primary N) is 1. The summed E-state index contributed by atoms with van der Waals surface area (Å²) in [5.74, 6) is 1.74. The number of ether oxygens (including phenoxy) is 1. The zero-order chi connectivity index (χ0) is 13.9. The molecule has 0 aliphatic carbocycles. The summed E-state index contributed by atoms with van der Waals surface area (Å²) in [4.78, 5) is 4.35. The van der Waals surface area contributed by atoms with Crippen molar-refractivity contribution in [3.8, 4) is 5.75 Å². The summed E-state index contributed by atoms with van der Waals surface area (Å²) in [5.41, 5.74) is 6.30. The fourth-order valence-electron chi connectivity index (χ4n) is 2.18. The van der Waals surface area contributed by atoms with E-state index in [2.05, 4.69) is 17.1 Å². The van der Waals surface area contributed by atoms with Gasteiger partial charge in [-0.05, 0) is 44.5 Å². The molecule has 0 spiro atoms. The summed E-state index contributed by atoms with van der Waals surface area (Å²) in [5, 5.41) is 0. The first-order valence-corrected chi connectivity index (χ1v) is 6.49. The van der Waals surface area contributed by atoms with Crippen molar-refractivity contribution >= 4 is 0 Å². The van der Waals surface area contributed by atoms with Crippen molar-refractivity contribution in [1.82, 2.24) is 9.55 Å². The highest BCUT2D eigenvalue weighted by Crippen LogP contribution is 2.26. The number of nitrogens with zero attached hydrogens (tertiary/aromatic N) is 2. The minimum Gasteiger partial charge on any atom is -0.480 e. The molecule has 2 N–H and O–H groups in total. The van der Waals surface area contributed by atoms with Gasteiger partial charge in [0, 0.05) is 19.4 Å². The lowest BCUT2D eigenvalue weighted by Gasteiger charge is -2.26. The van der Waals surface area contributed by atoms with Crippen LogP contribution in [0.15, 0.2) is 36.7 Å². The van der Waals surface area contributed by atoms with Gasteiger partial charge in [0.05, 0.1) is 0 Å². The molecule has 2 aromatic rings. The fourth-order valence-corrected chi connectivity index (χ4v) is 2.18. The Morgan fingerprint density at radius 2 is 1.95 bits per heavy atom. The highest BCUT2D eigenvalue weighted by Gasteiger charge is 2.26. The predicted molar refractivity (Wildman–Crippen MR) is 76.1 cm³/mol. The Balaban J connectivity index is 2.14. The van der Waals surface area contributed by atoms with E-state index < -0.39 is 5.60 Å². The van der Waals surface area contributed by atoms with E-state index in [1.54, 1.807) is 6.20 Å². The molecule has 0 unspecified atom stereocenters. The summed E-state index contributed by atoms with van der Waals surface area (Å²) < 4.78 is 8.02. The van der Waals surface area contributed by atoms with Gasteiger partial charge in [0.15, 0.2) is 11.4 Å². The fraction of sp³-hybridized carbons (Fsp3) is 0.400. The molecule has 19 heavy (non-hydrogen) atoms. The molecular formula is C15H21N3O. The van der Waals surface area contributed by atoms with E-state index >= 15 is 0 Å². The van der Waals surface area contributed by atoms with Crippen LogP contribution in [-0.2, 0) is 19.1 Å². The molecule has 102 valence electrons. The van der Waals surface area contributed by atoms with Crippen molar-refractivity contribution in [2.24, 2.45) is 12.8 Å². The number of aryl methyl sites for hydroxylation is 1. The van der Waals surface area contributed by atoms with Crippen molar-refractivity contribution in [1.29, 1.82) is 0 Å². The van der Waals surface area contributed by atoms with Crippen molar-refractivity contribution in [3.63, 3.8) is 0 Å². The third-order valence-electron chi connectivity index (χ3n) is 3.09. The second kappa shape index (κ2) is 5.45. The van der Waals surface area contributed by atoms with Crippen LogP contribution < -0.4 is 10.5 Å². The van der Waals surface area contributed by atoms with Crippen LogP contribution in [-0.4, -0.2) is 16.1 Å². The Hall–Kier alpha value is -1.81. The molecule has 1 aromatic carbocycles. The van der Waals surface area contributed by atoms with Gasteiger partial charge >= 0.3 is 0 Å². The molecule has 0 saturated carbocycles. The average molecular weight is 259 g/mol. The van der Waals surface area contributed by atoms with Gasteiger partial charge in [-0.25, -0.2) is 4.98 Å². The minimum atomic E-state index is -0.465. The van der Waals surface area contributed by atoms with Gasteiger partial charge in [0.25, 0.3) is 0 Å². The summed E-state index contributed by atoms with van der Waals surface area (Å²) >= 11 is 0. The van der Waals surface area contributed by atoms with E-state index in [-0.39, 0.29) is 0 Å². The number of hydrogen-bond donors (Lipinski definition) is 1. The van der Waals surface area contributed by atoms with Crippen LogP contribution in [0.3, 0.4) is 0 Å². The summed E-state index contributed by atoms with van der Waals surface area (Å²) in [6, 6.07) is 8.07. The molecule has 0 saturated heterocycles. The van der Waals surface area contributed by atoms with Gasteiger partial charge in [-0.2, -0.15) is 0 Å². The highest BCUT2D eigenvalue weighted by molar-refractivity contribution is 5.28. The third-order valence-corrected chi connectivity index (χ3v) is 3.09. The summed E-state index contributed by atoms with van der Waals surface area (Å²) in [6.45, 7) is 4.70. The molecule has 1 heterocycles. The topological polar surface area (TPSA) is 53.1 Å². The molecule has 1 aromatic heterocycles. The van der Waals surface area contributed by atoms with Crippen molar-refractivity contribution in [2.75, 3.05) is 6.54 Å². The number of benzene rings is 1. The molecule has 2 rings (SSSR count). The van der Waals surface area contributed by atoms with Crippen LogP contribution in [0, 0.1) is 0 Å². The zero-order valence-corrected chi connectivity index (χ0v) is 11.8. The first-order valence-electron chi connectivity index (χ1n) is 6.49. The molecule has 0 aliphatic heterocycles. The highest BCUT2D eigenvalue weighted by atomic mass is 16.5. The molecule has 0 fully saturated rings. The lowest BCUT2D eigenvalue weighted by atomic mass is 10.1. The van der Waals surface area contributed by atoms with E-state index in [0.717, 1.165) is 18.0 Å². The molecule has 4 heteroatoms. The largest absolute Gasteiger partial charge is 0.480 e. The normalized spacial score (nSPS) is 11.6. The number of imidazole rings is 1. The maximum Gasteiger partial charge on any atom is 0.161 e. The Morgan fingerprint density at radius 1 is 1.26 bits per heavy atom. The molecule has 4 nitrogen and oxygen atoms in total. The monoisotopic (exact) mass is 259 g/mol. The Morgan fingerprint density at radius 3 is 2.47 bits per heavy atom. The maximum absolute atomic E-state index is 6.05. The Bertz CT molecular complexity index is 529. The van der Waals surface area contributed by atoms with Gasteiger partial charge in [-0.3, -0.25) is 0 Å². The lowest BCUT2D eigenvalue weighted by molar-refractivity contribution is 0.0953. The standard InChI is InChI=1S/C15H21N3O/c1-15(2,14-17-10-11-18(14)3)19-13-6-4-12(5-7-13)8-9-16/h4-7,10-11H,8-9,16H2,1-3H3. The van der Waals surface area contributed by atoms with E-state index in [9.17, 15) is 0 Å². The smallest absolute Gasteiger partial charge is 0.161 e. The Labute approximate surface area is 114 Å². The van der Waals surface area contributed by atoms with Crippen LogP contribution in [0.1, 0.15) is 25.2 Å². The van der Waals surface area contributed by atoms with Crippen LogP contribution >= 0.6 is 0 Å². The molecule has 0 amide bonds. The van der Waals surface area contributed by atoms with Crippen molar-refractivity contribution < 1.29 is 4.74 Å². The number of rotatable bonds is 5. The van der Waals surface area contributed by atoms with Gasteiger partial charge in [0.1, 0.15) is 5.75 Å². The van der Waals surface area contributed by atoms with Crippen LogP contribution in [0.2, 0.25) is 0 Å². The van der Waals surface area contributed by atoms with E-state index in [1.165, 1.54) is 5.56 Å². The average Bonchev–Trinajstić information content (AvgIpc) is 2.79. The molecule has 0 bridgehead atoms. The quantitative estimate of drug-likeness (QED) is 0.896. The number of aromatic nitrogens is 2. The first kappa shape index (κ1) is 13.6. The minimum absolute atomic E-state index is 0.465. The van der Waals surface area contributed by atoms with Crippen LogP contribution in [0.4, 0.5) is 0 Å². The molecule has 0 radical (unpaired) electrons. The Kier molecular flexibility index (Phi) is 3.90. The first-order chi connectivity index (χ1) is 9.03. The van der Waals surface area contributed by atoms with Crippen LogP contribution in [0.5, 0.6) is 5.75 Å². The third kappa shape index (κ3) is 3.15. The van der Waals surface area contributed by atoms with E-state index in [1.807, 2.05) is 43.8 Å². The van der Waals surface area contributed by atoms with Crippen molar-refractivity contribution in [2.45, 2.75) is 25.9 Å². The molecule has 0 atom stereocenters. The SMILES string of the molecule is Cn1ccnc1C(C)(C)Oc1ccc(CCN)cc1. The van der Waals surface area contributed by atoms with E-state index in [4.69, 9.17) is 10.5 Å². The van der Waals surface area contributed by atoms with Crippen LogP contribution in [0.25, 0.3) is 0 Å². The molecular weight excluding hydrogens is 238 g/mol. The maximum atomic E-state index is 6.05. The number of hydrogen-bond acceptors (Lipinski definition) is 3. The lowest BCUT2D eigenvalue weighted by Crippen LogP contribution is -2.28. The van der Waals surface area contributed by atoms with Crippen molar-refractivity contribution in [3.05, 3.63) is 48.0 Å². The van der Waals surface area contributed by atoms with Gasteiger partial charge in [-0.1, -0.05) is 12.1 Å². The van der Waals surface area contributed by atoms with Gasteiger partial charge in [-0.15, -0.1) is 0 Å². The van der Waals surface area contributed by atoms with Gasteiger partial charge < -0.3 is 15.0 Å².